The fourth-order valence-electron chi connectivity index (χ4n) is 3.24. The van der Waals surface area contributed by atoms with E-state index < -0.39 is 0 Å². The average Bonchev–Trinajstić information content (AvgIpc) is 3.37. The lowest BCUT2D eigenvalue weighted by atomic mass is 10.1. The molecular weight excluding hydrogens is 356 g/mol. The molecule has 3 aromatic rings. The molecule has 7 heteroatoms. The van der Waals surface area contributed by atoms with Gasteiger partial charge in [0.15, 0.2) is 11.5 Å². The maximum Gasteiger partial charge on any atom is 0.272 e. The van der Waals surface area contributed by atoms with E-state index in [9.17, 15) is 4.79 Å². The number of hydrogen-bond acceptors (Lipinski definition) is 5. The minimum atomic E-state index is -0.0625. The Labute approximate surface area is 163 Å². The molecule has 0 atom stereocenters. The van der Waals surface area contributed by atoms with E-state index in [1.165, 1.54) is 0 Å². The van der Waals surface area contributed by atoms with Crippen molar-refractivity contribution < 1.29 is 14.3 Å². The Kier molecular flexibility index (Phi) is 5.23. The highest BCUT2D eigenvalue weighted by Gasteiger charge is 2.22. The smallest absolute Gasteiger partial charge is 0.272 e. The standard InChI is InChI=1S/C21H22N4O3/c1-2-10-25-18(7-9-23-25)21(26)24(14-17-4-3-8-22-12-17)13-16-5-6-19-20(11-16)28-15-27-19/h3-9,11-12H,2,10,13-15H2,1H3. The van der Waals surface area contributed by atoms with Crippen LogP contribution in [0.1, 0.15) is 35.0 Å². The second kappa shape index (κ2) is 8.12. The Hall–Kier alpha value is -3.35. The molecule has 0 saturated carbocycles. The molecule has 3 heterocycles. The SMILES string of the molecule is CCCn1nccc1C(=O)N(Cc1cccnc1)Cc1ccc2c(c1)OCO2. The summed E-state index contributed by atoms with van der Waals surface area (Å²) in [5, 5.41) is 4.29. The van der Waals surface area contributed by atoms with Crippen molar-refractivity contribution in [1.29, 1.82) is 0 Å². The Balaban J connectivity index is 1.61. The molecule has 28 heavy (non-hydrogen) atoms. The number of rotatable bonds is 7. The van der Waals surface area contributed by atoms with Crippen molar-refractivity contribution in [2.45, 2.75) is 33.0 Å². The predicted octanol–water partition coefficient (Wildman–Crippen LogP) is 3.26. The topological polar surface area (TPSA) is 69.5 Å². The third kappa shape index (κ3) is 3.83. The van der Waals surface area contributed by atoms with Crippen LogP contribution in [0.15, 0.2) is 55.0 Å². The number of fused-ring (bicyclic) bond motifs is 1. The van der Waals surface area contributed by atoms with Crippen molar-refractivity contribution in [1.82, 2.24) is 19.7 Å². The number of pyridine rings is 1. The number of benzene rings is 1. The second-order valence-electron chi connectivity index (χ2n) is 6.65. The first-order chi connectivity index (χ1) is 13.7. The Morgan fingerprint density at radius 1 is 1.11 bits per heavy atom. The molecule has 1 aliphatic rings. The van der Waals surface area contributed by atoms with Gasteiger partial charge in [-0.05, 0) is 41.8 Å². The molecule has 0 spiro atoms. The molecule has 0 unspecified atom stereocenters. The minimum Gasteiger partial charge on any atom is -0.454 e. The third-order valence-electron chi connectivity index (χ3n) is 4.56. The van der Waals surface area contributed by atoms with Crippen LogP contribution in [0.4, 0.5) is 0 Å². The summed E-state index contributed by atoms with van der Waals surface area (Å²) < 4.78 is 12.6. The molecule has 0 aliphatic carbocycles. The Morgan fingerprint density at radius 2 is 1.96 bits per heavy atom. The lowest BCUT2D eigenvalue weighted by molar-refractivity contribution is 0.0716. The van der Waals surface area contributed by atoms with Gasteiger partial charge in [0.2, 0.25) is 6.79 Å². The molecule has 2 aromatic heterocycles. The molecule has 144 valence electrons. The van der Waals surface area contributed by atoms with Gasteiger partial charge in [-0.3, -0.25) is 14.5 Å². The molecular formula is C21H22N4O3. The molecule has 0 radical (unpaired) electrons. The summed E-state index contributed by atoms with van der Waals surface area (Å²) in [5.74, 6) is 1.38. The second-order valence-corrected chi connectivity index (χ2v) is 6.65. The third-order valence-corrected chi connectivity index (χ3v) is 4.56. The molecule has 0 saturated heterocycles. The number of carbonyl (C=O) groups excluding carboxylic acids is 1. The molecule has 1 aliphatic heterocycles. The van der Waals surface area contributed by atoms with Crippen LogP contribution < -0.4 is 9.47 Å². The first-order valence-electron chi connectivity index (χ1n) is 9.33. The quantitative estimate of drug-likeness (QED) is 0.631. The van der Waals surface area contributed by atoms with Crippen LogP contribution in [0, 0.1) is 0 Å². The van der Waals surface area contributed by atoms with E-state index in [4.69, 9.17) is 9.47 Å². The largest absolute Gasteiger partial charge is 0.454 e. The highest BCUT2D eigenvalue weighted by atomic mass is 16.7. The molecule has 1 amide bonds. The minimum absolute atomic E-state index is 0.0625. The zero-order chi connectivity index (χ0) is 19.3. The molecule has 7 nitrogen and oxygen atoms in total. The predicted molar refractivity (Wildman–Crippen MR) is 103 cm³/mol. The summed E-state index contributed by atoms with van der Waals surface area (Å²) in [4.78, 5) is 19.3. The van der Waals surface area contributed by atoms with Crippen LogP contribution in [0.25, 0.3) is 0 Å². The summed E-state index contributed by atoms with van der Waals surface area (Å²) in [5.41, 5.74) is 2.53. The maximum absolute atomic E-state index is 13.3. The number of ether oxygens (including phenoxy) is 2. The average molecular weight is 378 g/mol. The van der Waals surface area contributed by atoms with Crippen LogP contribution in [-0.2, 0) is 19.6 Å². The Morgan fingerprint density at radius 3 is 2.79 bits per heavy atom. The van der Waals surface area contributed by atoms with Gasteiger partial charge in [-0.15, -0.1) is 0 Å². The van der Waals surface area contributed by atoms with Gasteiger partial charge in [0.1, 0.15) is 5.69 Å². The van der Waals surface area contributed by atoms with Crippen LogP contribution in [0.3, 0.4) is 0 Å². The first-order valence-corrected chi connectivity index (χ1v) is 9.33. The van der Waals surface area contributed by atoms with Gasteiger partial charge in [0.25, 0.3) is 5.91 Å². The van der Waals surface area contributed by atoms with Crippen molar-refractivity contribution in [2.24, 2.45) is 0 Å². The summed E-state index contributed by atoms with van der Waals surface area (Å²) in [6, 6.07) is 11.4. The zero-order valence-corrected chi connectivity index (χ0v) is 15.7. The Bertz CT molecular complexity index is 955. The van der Waals surface area contributed by atoms with Crippen LogP contribution in [-0.4, -0.2) is 32.4 Å². The lowest BCUT2D eigenvalue weighted by Crippen LogP contribution is -2.32. The number of aromatic nitrogens is 3. The first kappa shape index (κ1) is 18.0. The molecule has 0 bridgehead atoms. The van der Waals surface area contributed by atoms with E-state index in [1.54, 1.807) is 34.2 Å². The van der Waals surface area contributed by atoms with Crippen molar-refractivity contribution in [3.63, 3.8) is 0 Å². The van der Waals surface area contributed by atoms with Gasteiger partial charge in [0.05, 0.1) is 0 Å². The van der Waals surface area contributed by atoms with E-state index in [2.05, 4.69) is 17.0 Å². The van der Waals surface area contributed by atoms with Gasteiger partial charge in [-0.2, -0.15) is 5.10 Å². The van der Waals surface area contributed by atoms with E-state index in [0.717, 1.165) is 23.3 Å². The number of carbonyl (C=O) groups is 1. The van der Waals surface area contributed by atoms with Gasteiger partial charge >= 0.3 is 0 Å². The van der Waals surface area contributed by atoms with Crippen molar-refractivity contribution in [2.75, 3.05) is 6.79 Å². The lowest BCUT2D eigenvalue weighted by Gasteiger charge is -2.23. The fourth-order valence-corrected chi connectivity index (χ4v) is 3.24. The highest BCUT2D eigenvalue weighted by molar-refractivity contribution is 5.92. The number of aryl methyl sites for hydroxylation is 1. The van der Waals surface area contributed by atoms with Gasteiger partial charge in [-0.25, -0.2) is 0 Å². The van der Waals surface area contributed by atoms with Crippen molar-refractivity contribution in [3.05, 3.63) is 71.8 Å². The number of hydrogen-bond donors (Lipinski definition) is 0. The van der Waals surface area contributed by atoms with E-state index in [-0.39, 0.29) is 12.7 Å². The highest BCUT2D eigenvalue weighted by Crippen LogP contribution is 2.33. The van der Waals surface area contributed by atoms with Gasteiger partial charge in [-0.1, -0.05) is 19.1 Å². The number of nitrogens with zero attached hydrogens (tertiary/aromatic N) is 4. The summed E-state index contributed by atoms with van der Waals surface area (Å²) in [7, 11) is 0. The number of amides is 1. The molecule has 1 aromatic carbocycles. The van der Waals surface area contributed by atoms with Gasteiger partial charge < -0.3 is 14.4 Å². The van der Waals surface area contributed by atoms with Crippen LogP contribution >= 0.6 is 0 Å². The molecule has 0 fully saturated rings. The van der Waals surface area contributed by atoms with Gasteiger partial charge in [0, 0.05) is 38.2 Å². The van der Waals surface area contributed by atoms with E-state index >= 15 is 0 Å². The van der Waals surface area contributed by atoms with Crippen molar-refractivity contribution in [3.8, 4) is 11.5 Å². The summed E-state index contributed by atoms with van der Waals surface area (Å²) in [6.07, 6.45) is 6.09. The van der Waals surface area contributed by atoms with Crippen molar-refractivity contribution >= 4 is 5.91 Å². The normalized spacial score (nSPS) is 12.2. The van der Waals surface area contributed by atoms with E-state index in [1.807, 2.05) is 30.3 Å². The summed E-state index contributed by atoms with van der Waals surface area (Å²) in [6.45, 7) is 3.90. The van der Waals surface area contributed by atoms with Crippen LogP contribution in [0.2, 0.25) is 0 Å². The maximum atomic E-state index is 13.3. The molecule has 0 N–H and O–H groups in total. The monoisotopic (exact) mass is 378 g/mol. The fraction of sp³-hybridized carbons (Fsp3) is 0.286. The van der Waals surface area contributed by atoms with E-state index in [0.29, 0.717) is 31.1 Å². The zero-order valence-electron chi connectivity index (χ0n) is 15.7. The summed E-state index contributed by atoms with van der Waals surface area (Å²) >= 11 is 0. The molecule has 4 rings (SSSR count). The van der Waals surface area contributed by atoms with Crippen LogP contribution in [0.5, 0.6) is 11.5 Å².